The molecule has 3 aromatic rings. The van der Waals surface area contributed by atoms with Gasteiger partial charge in [-0.3, -0.25) is 18.7 Å². The van der Waals surface area contributed by atoms with E-state index in [1.807, 2.05) is 6.07 Å². The number of aromatic amines is 1. The maximum Gasteiger partial charge on any atom is 0.332 e. The Hall–Kier alpha value is -3.40. The molecule has 2 bridgehead atoms. The van der Waals surface area contributed by atoms with Crippen molar-refractivity contribution in [1.29, 1.82) is 0 Å². The number of carbonyl (C=O) groups is 1. The third kappa shape index (κ3) is 2.80. The van der Waals surface area contributed by atoms with Crippen LogP contribution in [0.4, 0.5) is 0 Å². The molecule has 0 radical (unpaired) electrons. The van der Waals surface area contributed by atoms with Crippen LogP contribution in [-0.4, -0.2) is 62.6 Å². The number of fused-ring (bicyclic) bond motifs is 1. The molecule has 0 amide bonds. The molecule has 4 heterocycles. The number of nitrogens with zero attached hydrogens (tertiary/aromatic N) is 4. The molecule has 1 spiro atoms. The average Bonchev–Trinajstić information content (AvgIpc) is 3.49. The van der Waals surface area contributed by atoms with Crippen molar-refractivity contribution in [2.24, 2.45) is 20.0 Å². The van der Waals surface area contributed by atoms with E-state index in [0.717, 1.165) is 41.9 Å². The van der Waals surface area contributed by atoms with E-state index in [2.05, 4.69) is 28.0 Å². The second-order valence-corrected chi connectivity index (χ2v) is 10.1. The van der Waals surface area contributed by atoms with Gasteiger partial charge >= 0.3 is 5.69 Å². The lowest BCUT2D eigenvalue weighted by Gasteiger charge is -2.57. The number of rotatable bonds is 1. The summed E-state index contributed by atoms with van der Waals surface area (Å²) in [6.45, 7) is 1.05. The molecule has 10 heteroatoms. The van der Waals surface area contributed by atoms with E-state index < -0.39 is 0 Å². The Labute approximate surface area is 201 Å². The Morgan fingerprint density at radius 3 is 2.74 bits per heavy atom. The van der Waals surface area contributed by atoms with Crippen molar-refractivity contribution in [2.75, 3.05) is 20.7 Å². The Morgan fingerprint density at radius 2 is 1.97 bits per heavy atom. The SMILES string of the molecule is COc1ccc2c3c1O[C@H]1C(=O)CC[C@H]4[C@@H](C2)N(C)CC[C@]314.Cn1c(=O)c2[nH]cnc2n(C)c1=O. The third-order valence-electron chi connectivity index (χ3n) is 8.62. The van der Waals surface area contributed by atoms with E-state index in [1.165, 1.54) is 29.1 Å². The number of piperidine rings is 1. The monoisotopic (exact) mass is 479 g/mol. The fourth-order valence-corrected chi connectivity index (χ4v) is 6.94. The van der Waals surface area contributed by atoms with Crippen molar-refractivity contribution >= 4 is 16.9 Å². The molecule has 2 aromatic heterocycles. The molecule has 184 valence electrons. The molecule has 1 N–H and O–H groups in total. The largest absolute Gasteiger partial charge is 0.493 e. The van der Waals surface area contributed by atoms with Gasteiger partial charge < -0.3 is 19.4 Å². The topological polar surface area (TPSA) is 111 Å². The number of aromatic nitrogens is 4. The van der Waals surface area contributed by atoms with Crippen LogP contribution in [0.1, 0.15) is 30.4 Å². The smallest absolute Gasteiger partial charge is 0.332 e. The molecule has 0 unspecified atom stereocenters. The molecule has 7 rings (SSSR count). The van der Waals surface area contributed by atoms with Crippen molar-refractivity contribution in [2.45, 2.75) is 43.2 Å². The number of ketones is 1. The zero-order chi connectivity index (χ0) is 24.6. The van der Waals surface area contributed by atoms with Crippen LogP contribution in [0.3, 0.4) is 0 Å². The first-order chi connectivity index (χ1) is 16.8. The zero-order valence-electron chi connectivity index (χ0n) is 20.3. The molecular formula is C25H29N5O5. The van der Waals surface area contributed by atoms with Crippen molar-refractivity contribution < 1.29 is 14.3 Å². The number of benzene rings is 1. The number of hydrogen-bond acceptors (Lipinski definition) is 7. The number of likely N-dealkylation sites (N-methyl/N-ethyl adjacent to an activating group) is 1. The van der Waals surface area contributed by atoms with Gasteiger partial charge in [0.2, 0.25) is 0 Å². The normalized spacial score (nSPS) is 28.2. The van der Waals surface area contributed by atoms with Gasteiger partial charge in [-0.2, -0.15) is 0 Å². The molecule has 2 fully saturated rings. The average molecular weight is 480 g/mol. The Morgan fingerprint density at radius 1 is 1.17 bits per heavy atom. The molecule has 35 heavy (non-hydrogen) atoms. The number of H-pyrrole nitrogens is 1. The molecule has 10 nitrogen and oxygen atoms in total. The fraction of sp³-hybridized carbons (Fsp3) is 0.520. The van der Waals surface area contributed by atoms with Crippen LogP contribution in [0.25, 0.3) is 11.2 Å². The highest BCUT2D eigenvalue weighted by molar-refractivity contribution is 5.89. The molecule has 2 aliphatic carbocycles. The first-order valence-corrected chi connectivity index (χ1v) is 12.0. The van der Waals surface area contributed by atoms with Gasteiger partial charge in [-0.1, -0.05) is 6.07 Å². The summed E-state index contributed by atoms with van der Waals surface area (Å²) in [7, 11) is 6.92. The summed E-state index contributed by atoms with van der Waals surface area (Å²) in [5, 5.41) is 0. The predicted molar refractivity (Wildman–Crippen MR) is 128 cm³/mol. The number of methoxy groups -OCH3 is 1. The van der Waals surface area contributed by atoms with E-state index in [9.17, 15) is 14.4 Å². The van der Waals surface area contributed by atoms with Crippen LogP contribution in [-0.2, 0) is 30.7 Å². The number of imidazole rings is 1. The van der Waals surface area contributed by atoms with E-state index in [-0.39, 0.29) is 28.6 Å². The highest BCUT2D eigenvalue weighted by Crippen LogP contribution is 2.63. The molecule has 4 atom stereocenters. The van der Waals surface area contributed by atoms with Gasteiger partial charge in [0.25, 0.3) is 5.56 Å². The minimum atomic E-state index is -0.371. The summed E-state index contributed by atoms with van der Waals surface area (Å²) in [6, 6.07) is 4.73. The van der Waals surface area contributed by atoms with E-state index in [4.69, 9.17) is 9.47 Å². The molecule has 4 aliphatic rings. The van der Waals surface area contributed by atoms with Gasteiger partial charge in [0, 0.05) is 37.5 Å². The summed E-state index contributed by atoms with van der Waals surface area (Å²) in [4.78, 5) is 44.5. The van der Waals surface area contributed by atoms with Crippen LogP contribution in [0.15, 0.2) is 28.0 Å². The Kier molecular flexibility index (Phi) is 4.76. The van der Waals surface area contributed by atoms with Gasteiger partial charge in [0.05, 0.1) is 13.4 Å². The highest BCUT2D eigenvalue weighted by atomic mass is 16.5. The minimum absolute atomic E-state index is 0.0933. The second-order valence-electron chi connectivity index (χ2n) is 10.1. The number of Topliss-reactive ketones (excluding diaryl/α,β-unsaturated/α-hetero) is 1. The first-order valence-electron chi connectivity index (χ1n) is 12.0. The number of hydrogen-bond donors (Lipinski definition) is 1. The van der Waals surface area contributed by atoms with Crippen molar-refractivity contribution in [3.05, 3.63) is 50.4 Å². The van der Waals surface area contributed by atoms with E-state index in [1.54, 1.807) is 14.2 Å². The fourth-order valence-electron chi connectivity index (χ4n) is 6.94. The van der Waals surface area contributed by atoms with Crippen molar-refractivity contribution in [3.63, 3.8) is 0 Å². The van der Waals surface area contributed by atoms with E-state index in [0.29, 0.717) is 29.5 Å². The molecule has 1 aromatic carbocycles. The highest BCUT2D eigenvalue weighted by Gasteiger charge is 2.65. The van der Waals surface area contributed by atoms with Crippen LogP contribution in [0, 0.1) is 5.92 Å². The molecule has 2 aliphatic heterocycles. The first kappa shape index (κ1) is 22.1. The summed E-state index contributed by atoms with van der Waals surface area (Å²) < 4.78 is 14.1. The lowest BCUT2D eigenvalue weighted by Crippen LogP contribution is -2.65. The van der Waals surface area contributed by atoms with Crippen LogP contribution in [0.5, 0.6) is 11.5 Å². The standard InChI is InChI=1S/C18H21NO3.C7H8N4O2/c1-19-8-7-18-11-4-5-13(20)17(18)22-16-14(21-2)6-3-10(15(16)18)9-12(11)19;1-10-5-4(8-3-9-5)6(12)11(2)7(10)13/h3,6,11-12,17H,4-5,7-9H2,1-2H3;3H,1-2H3,(H,8,9)/t11-,12+,17-,18-;/m0./s1. The van der Waals surface area contributed by atoms with Gasteiger partial charge in [-0.25, -0.2) is 9.78 Å². The van der Waals surface area contributed by atoms with Crippen LogP contribution in [0.2, 0.25) is 0 Å². The van der Waals surface area contributed by atoms with Gasteiger partial charge in [0.15, 0.2) is 29.0 Å². The Balaban J connectivity index is 0.000000151. The number of nitrogens with one attached hydrogen (secondary N) is 1. The summed E-state index contributed by atoms with van der Waals surface area (Å²) in [5.74, 6) is 2.46. The third-order valence-corrected chi connectivity index (χ3v) is 8.62. The number of likely N-dealkylation sites (tertiary alicyclic amines) is 1. The van der Waals surface area contributed by atoms with Crippen LogP contribution >= 0.6 is 0 Å². The quantitative estimate of drug-likeness (QED) is 0.552. The number of carbonyl (C=O) groups excluding carboxylic acids is 1. The minimum Gasteiger partial charge on any atom is -0.493 e. The number of ether oxygens (including phenoxy) is 2. The number of aryl methyl sites for hydroxylation is 1. The molecular weight excluding hydrogens is 450 g/mol. The summed E-state index contributed by atoms with van der Waals surface area (Å²) in [6.07, 6.45) is 4.86. The van der Waals surface area contributed by atoms with Crippen molar-refractivity contribution in [1.82, 2.24) is 24.0 Å². The van der Waals surface area contributed by atoms with Crippen molar-refractivity contribution in [3.8, 4) is 11.5 Å². The predicted octanol–water partition coefficient (Wildman–Crippen LogP) is 0.894. The van der Waals surface area contributed by atoms with Gasteiger partial charge in [-0.15, -0.1) is 0 Å². The van der Waals surface area contributed by atoms with Gasteiger partial charge in [0.1, 0.15) is 5.52 Å². The maximum atomic E-state index is 12.6. The van der Waals surface area contributed by atoms with Gasteiger partial charge in [-0.05, 0) is 50.4 Å². The molecule has 1 saturated heterocycles. The zero-order valence-corrected chi connectivity index (χ0v) is 20.3. The lowest BCUT2D eigenvalue weighted by atomic mass is 9.52. The lowest BCUT2D eigenvalue weighted by molar-refractivity contribution is -0.138. The van der Waals surface area contributed by atoms with E-state index >= 15 is 0 Å². The molecule has 1 saturated carbocycles. The second kappa shape index (κ2) is 7.55. The summed E-state index contributed by atoms with van der Waals surface area (Å²) >= 11 is 0. The Bertz CT molecular complexity index is 1490. The maximum absolute atomic E-state index is 12.6. The van der Waals surface area contributed by atoms with Crippen LogP contribution < -0.4 is 20.7 Å². The summed E-state index contributed by atoms with van der Waals surface area (Å²) in [5.41, 5.74) is 2.59.